The molecule has 2 nitrogen and oxygen atoms in total. The molecule has 0 spiro atoms. The van der Waals surface area contributed by atoms with Crippen LogP contribution in [-0.2, 0) is 0 Å². The van der Waals surface area contributed by atoms with Crippen molar-refractivity contribution in [1.82, 2.24) is 4.90 Å². The van der Waals surface area contributed by atoms with E-state index in [4.69, 9.17) is 5.41 Å². The van der Waals surface area contributed by atoms with Gasteiger partial charge in [0, 0.05) is 29.8 Å². The number of rotatable bonds is 0. The highest BCUT2D eigenvalue weighted by Crippen LogP contribution is 2.31. The van der Waals surface area contributed by atoms with Gasteiger partial charge in [-0.1, -0.05) is 15.9 Å². The number of allylic oxidation sites excluding steroid dienone is 4. The zero-order valence-electron chi connectivity index (χ0n) is 7.47. The zero-order valence-corrected chi connectivity index (χ0v) is 9.06. The van der Waals surface area contributed by atoms with Crippen molar-refractivity contribution in [1.29, 1.82) is 5.41 Å². The molecular weight excluding hydrogens is 228 g/mol. The van der Waals surface area contributed by atoms with Gasteiger partial charge in [0.15, 0.2) is 0 Å². The number of halogens is 1. The Hall–Kier alpha value is -0.830. The fourth-order valence-electron chi connectivity index (χ4n) is 1.61. The summed E-state index contributed by atoms with van der Waals surface area (Å²) in [4.78, 5) is 2.13. The molecule has 0 bridgehead atoms. The highest BCUT2D eigenvalue weighted by Gasteiger charge is 2.20. The van der Waals surface area contributed by atoms with Gasteiger partial charge in [-0.25, -0.2) is 0 Å². The lowest BCUT2D eigenvalue weighted by molar-refractivity contribution is 0.445. The van der Waals surface area contributed by atoms with Crippen LogP contribution in [0.2, 0.25) is 0 Å². The molecule has 0 amide bonds. The van der Waals surface area contributed by atoms with Crippen LogP contribution in [0, 0.1) is 5.41 Å². The third kappa shape index (κ3) is 1.48. The first-order valence-electron chi connectivity index (χ1n) is 4.26. The topological polar surface area (TPSA) is 27.1 Å². The van der Waals surface area contributed by atoms with Gasteiger partial charge in [-0.05, 0) is 24.1 Å². The summed E-state index contributed by atoms with van der Waals surface area (Å²) >= 11 is 3.51. The summed E-state index contributed by atoms with van der Waals surface area (Å²) in [6.45, 7) is 1.04. The monoisotopic (exact) mass is 238 g/mol. The van der Waals surface area contributed by atoms with Crippen molar-refractivity contribution < 1.29 is 0 Å². The summed E-state index contributed by atoms with van der Waals surface area (Å²) in [5.41, 5.74) is 2.94. The van der Waals surface area contributed by atoms with Gasteiger partial charge in [-0.2, -0.15) is 0 Å². The van der Waals surface area contributed by atoms with Crippen LogP contribution in [0.5, 0.6) is 0 Å². The number of hydrogen-bond donors (Lipinski definition) is 1. The average molecular weight is 239 g/mol. The first-order chi connectivity index (χ1) is 6.18. The minimum absolute atomic E-state index is 0.616. The van der Waals surface area contributed by atoms with Crippen molar-refractivity contribution in [3.8, 4) is 0 Å². The Labute approximate surface area is 86.3 Å². The number of nitrogens with one attached hydrogen (secondary N) is 1. The second kappa shape index (κ2) is 3.14. The minimum Gasteiger partial charge on any atom is -0.380 e. The van der Waals surface area contributed by atoms with Crippen LogP contribution >= 0.6 is 15.9 Å². The van der Waals surface area contributed by atoms with E-state index in [1.54, 1.807) is 0 Å². The van der Waals surface area contributed by atoms with Crippen LogP contribution in [0.25, 0.3) is 0 Å². The van der Waals surface area contributed by atoms with Crippen molar-refractivity contribution in [3.63, 3.8) is 0 Å². The van der Waals surface area contributed by atoms with Crippen molar-refractivity contribution in [2.75, 3.05) is 13.6 Å². The highest BCUT2D eigenvalue weighted by atomic mass is 79.9. The van der Waals surface area contributed by atoms with Crippen LogP contribution in [0.3, 0.4) is 0 Å². The molecule has 0 saturated carbocycles. The zero-order chi connectivity index (χ0) is 9.42. The fraction of sp³-hybridized carbons (Fsp3) is 0.300. The second-order valence-corrected chi connectivity index (χ2v) is 4.20. The maximum atomic E-state index is 7.76. The number of hydrogen-bond acceptors (Lipinski definition) is 2. The Balaban J connectivity index is 2.49. The summed E-state index contributed by atoms with van der Waals surface area (Å²) < 4.78 is 1.13. The van der Waals surface area contributed by atoms with Gasteiger partial charge in [0.25, 0.3) is 0 Å². The third-order valence-electron chi connectivity index (χ3n) is 2.36. The van der Waals surface area contributed by atoms with Crippen molar-refractivity contribution in [2.24, 2.45) is 0 Å². The summed E-state index contributed by atoms with van der Waals surface area (Å²) in [7, 11) is 2.04. The number of nitrogens with zero attached hydrogens (tertiary/aromatic N) is 1. The molecule has 0 aromatic rings. The molecule has 0 aromatic carbocycles. The lowest BCUT2D eigenvalue weighted by atomic mass is 9.92. The van der Waals surface area contributed by atoms with Crippen molar-refractivity contribution in [3.05, 3.63) is 34.0 Å². The van der Waals surface area contributed by atoms with Crippen LogP contribution in [-0.4, -0.2) is 24.2 Å². The van der Waals surface area contributed by atoms with E-state index in [1.807, 2.05) is 25.4 Å². The molecule has 68 valence electrons. The molecule has 1 heterocycles. The van der Waals surface area contributed by atoms with Crippen LogP contribution in [0.15, 0.2) is 34.0 Å². The normalized spacial score (nSPS) is 21.8. The molecule has 13 heavy (non-hydrogen) atoms. The molecule has 0 fully saturated rings. The standard InChI is InChI=1S/C10H11BrN2/c1-13-5-4-7-8(6-13)10(12)3-2-9(7)11/h2-3,6,12H,4-5H2,1H3. The van der Waals surface area contributed by atoms with Crippen LogP contribution < -0.4 is 0 Å². The Kier molecular flexibility index (Phi) is 2.12. The fourth-order valence-corrected chi connectivity index (χ4v) is 2.16. The molecule has 1 aliphatic heterocycles. The Morgan fingerprint density at radius 3 is 3.00 bits per heavy atom. The van der Waals surface area contributed by atoms with Gasteiger partial charge in [0.1, 0.15) is 0 Å². The van der Waals surface area contributed by atoms with E-state index >= 15 is 0 Å². The number of fused-ring (bicyclic) bond motifs is 1. The van der Waals surface area contributed by atoms with E-state index in [9.17, 15) is 0 Å². The smallest absolute Gasteiger partial charge is 0.0630 e. The van der Waals surface area contributed by atoms with E-state index in [0.717, 1.165) is 23.0 Å². The quantitative estimate of drug-likeness (QED) is 0.690. The summed E-state index contributed by atoms with van der Waals surface area (Å²) in [6.07, 6.45) is 6.86. The van der Waals surface area contributed by atoms with E-state index in [0.29, 0.717) is 5.71 Å². The summed E-state index contributed by atoms with van der Waals surface area (Å²) in [5, 5.41) is 7.76. The SMILES string of the molecule is CN1C=C2C(=N)C=CC(Br)=C2CC1. The lowest BCUT2D eigenvalue weighted by Crippen LogP contribution is -2.23. The lowest BCUT2D eigenvalue weighted by Gasteiger charge is -2.27. The molecule has 0 aromatic heterocycles. The van der Waals surface area contributed by atoms with E-state index < -0.39 is 0 Å². The van der Waals surface area contributed by atoms with Gasteiger partial charge < -0.3 is 10.3 Å². The van der Waals surface area contributed by atoms with E-state index in [-0.39, 0.29) is 0 Å². The predicted molar refractivity (Wildman–Crippen MR) is 58.1 cm³/mol. The molecule has 0 radical (unpaired) electrons. The maximum Gasteiger partial charge on any atom is 0.0630 e. The van der Waals surface area contributed by atoms with E-state index in [1.165, 1.54) is 5.57 Å². The molecule has 0 saturated heterocycles. The van der Waals surface area contributed by atoms with Gasteiger partial charge in [0.05, 0.1) is 5.71 Å². The molecule has 0 unspecified atom stereocenters. The largest absolute Gasteiger partial charge is 0.380 e. The first-order valence-corrected chi connectivity index (χ1v) is 5.06. The van der Waals surface area contributed by atoms with Crippen molar-refractivity contribution in [2.45, 2.75) is 6.42 Å². The Morgan fingerprint density at radius 2 is 2.23 bits per heavy atom. The first kappa shape index (κ1) is 8.75. The van der Waals surface area contributed by atoms with Crippen LogP contribution in [0.1, 0.15) is 6.42 Å². The molecular formula is C10H11BrN2. The van der Waals surface area contributed by atoms with Gasteiger partial charge in [-0.15, -0.1) is 0 Å². The third-order valence-corrected chi connectivity index (χ3v) is 3.11. The average Bonchev–Trinajstić information content (AvgIpc) is 2.12. The van der Waals surface area contributed by atoms with E-state index in [2.05, 4.69) is 20.8 Å². The van der Waals surface area contributed by atoms with Gasteiger partial charge in [0.2, 0.25) is 0 Å². The van der Waals surface area contributed by atoms with Crippen molar-refractivity contribution >= 4 is 21.6 Å². The predicted octanol–water partition coefficient (Wildman–Crippen LogP) is 2.44. The van der Waals surface area contributed by atoms with Gasteiger partial charge in [-0.3, -0.25) is 0 Å². The highest BCUT2D eigenvalue weighted by molar-refractivity contribution is 9.11. The van der Waals surface area contributed by atoms with Crippen LogP contribution in [0.4, 0.5) is 0 Å². The molecule has 2 aliphatic rings. The maximum absolute atomic E-state index is 7.76. The summed E-state index contributed by atoms with van der Waals surface area (Å²) in [6, 6.07) is 0. The summed E-state index contributed by atoms with van der Waals surface area (Å²) in [5.74, 6) is 0. The molecule has 1 N–H and O–H groups in total. The molecule has 0 atom stereocenters. The Bertz CT molecular complexity index is 350. The molecule has 2 rings (SSSR count). The molecule has 3 heteroatoms. The molecule has 1 aliphatic carbocycles. The van der Waals surface area contributed by atoms with Gasteiger partial charge >= 0.3 is 0 Å². The second-order valence-electron chi connectivity index (χ2n) is 3.35. The minimum atomic E-state index is 0.616. The Morgan fingerprint density at radius 1 is 1.46 bits per heavy atom.